The van der Waals surface area contributed by atoms with E-state index in [1.807, 2.05) is 17.8 Å². The molecular weight excluding hydrogens is 200 g/mol. The fraction of sp³-hybridized carbons (Fsp3) is 0.769. The van der Waals surface area contributed by atoms with Gasteiger partial charge in [0.1, 0.15) is 0 Å². The molecule has 1 rings (SSSR count). The van der Waals surface area contributed by atoms with E-state index in [0.29, 0.717) is 0 Å². The number of rotatable bonds is 7. The molecule has 0 aromatic carbocycles. The van der Waals surface area contributed by atoms with Crippen molar-refractivity contribution in [3.05, 3.63) is 17.5 Å². The number of aliphatic hydroxyl groups is 1. The van der Waals surface area contributed by atoms with Gasteiger partial charge in [-0.2, -0.15) is 5.10 Å². The highest BCUT2D eigenvalue weighted by molar-refractivity contribution is 5.12. The zero-order valence-electron chi connectivity index (χ0n) is 10.7. The van der Waals surface area contributed by atoms with Gasteiger partial charge in [0.15, 0.2) is 0 Å². The Bertz CT molecular complexity index is 307. The smallest absolute Gasteiger partial charge is 0.0956 e. The summed E-state index contributed by atoms with van der Waals surface area (Å²) in [6.45, 7) is 4.28. The third-order valence-electron chi connectivity index (χ3n) is 3.00. The quantitative estimate of drug-likeness (QED) is 0.723. The van der Waals surface area contributed by atoms with E-state index in [2.05, 4.69) is 18.9 Å². The molecule has 0 aliphatic rings. The minimum atomic E-state index is -0.352. The predicted octanol–water partition coefficient (Wildman–Crippen LogP) is 2.99. The van der Waals surface area contributed by atoms with Gasteiger partial charge in [-0.3, -0.25) is 4.68 Å². The molecule has 0 amide bonds. The van der Waals surface area contributed by atoms with Crippen LogP contribution in [-0.4, -0.2) is 14.9 Å². The Labute approximate surface area is 98.5 Å². The lowest BCUT2D eigenvalue weighted by Gasteiger charge is -2.10. The molecule has 1 aromatic heterocycles. The fourth-order valence-corrected chi connectivity index (χ4v) is 1.94. The van der Waals surface area contributed by atoms with Crippen molar-refractivity contribution in [1.82, 2.24) is 9.78 Å². The van der Waals surface area contributed by atoms with Crippen molar-refractivity contribution in [2.45, 2.75) is 58.5 Å². The molecule has 3 nitrogen and oxygen atoms in total. The van der Waals surface area contributed by atoms with Crippen LogP contribution in [0.25, 0.3) is 0 Å². The highest BCUT2D eigenvalue weighted by Gasteiger charge is 2.12. The van der Waals surface area contributed by atoms with E-state index >= 15 is 0 Å². The second-order valence-corrected chi connectivity index (χ2v) is 4.40. The largest absolute Gasteiger partial charge is 0.387 e. The van der Waals surface area contributed by atoms with Gasteiger partial charge in [-0.05, 0) is 18.9 Å². The van der Waals surface area contributed by atoms with E-state index in [1.54, 1.807) is 0 Å². The maximum atomic E-state index is 10.0. The second kappa shape index (κ2) is 6.69. The zero-order valence-corrected chi connectivity index (χ0v) is 10.7. The first-order chi connectivity index (χ1) is 7.69. The van der Waals surface area contributed by atoms with Crippen LogP contribution in [0.1, 0.15) is 63.4 Å². The lowest BCUT2D eigenvalue weighted by molar-refractivity contribution is 0.154. The summed E-state index contributed by atoms with van der Waals surface area (Å²) in [7, 11) is 1.91. The second-order valence-electron chi connectivity index (χ2n) is 4.40. The topological polar surface area (TPSA) is 38.1 Å². The molecule has 1 aromatic rings. The molecule has 0 saturated heterocycles. The van der Waals surface area contributed by atoms with Crippen molar-refractivity contribution in [2.24, 2.45) is 7.05 Å². The summed E-state index contributed by atoms with van der Waals surface area (Å²) in [5.74, 6) is 0. The average molecular weight is 224 g/mol. The maximum absolute atomic E-state index is 10.0. The normalized spacial score (nSPS) is 13.0. The van der Waals surface area contributed by atoms with Gasteiger partial charge in [-0.1, -0.05) is 39.5 Å². The summed E-state index contributed by atoms with van der Waals surface area (Å²) < 4.78 is 1.81. The van der Waals surface area contributed by atoms with E-state index in [-0.39, 0.29) is 6.10 Å². The lowest BCUT2D eigenvalue weighted by Crippen LogP contribution is -2.05. The summed E-state index contributed by atoms with van der Waals surface area (Å²) in [6, 6.07) is 2.02. The molecule has 0 bridgehead atoms. The van der Waals surface area contributed by atoms with E-state index in [1.165, 1.54) is 19.3 Å². The van der Waals surface area contributed by atoms with E-state index in [0.717, 1.165) is 30.7 Å². The fourth-order valence-electron chi connectivity index (χ4n) is 1.94. The molecule has 1 unspecified atom stereocenters. The Morgan fingerprint density at radius 2 is 2.06 bits per heavy atom. The Balaban J connectivity index is 2.45. The van der Waals surface area contributed by atoms with Gasteiger partial charge in [-0.25, -0.2) is 0 Å². The van der Waals surface area contributed by atoms with Crippen LogP contribution in [0.4, 0.5) is 0 Å². The summed E-state index contributed by atoms with van der Waals surface area (Å²) in [5, 5.41) is 14.4. The lowest BCUT2D eigenvalue weighted by atomic mass is 10.1. The van der Waals surface area contributed by atoms with Crippen LogP contribution in [-0.2, 0) is 13.5 Å². The van der Waals surface area contributed by atoms with Gasteiger partial charge in [0.05, 0.1) is 17.5 Å². The monoisotopic (exact) mass is 224 g/mol. The highest BCUT2D eigenvalue weighted by Crippen LogP contribution is 2.20. The number of aromatic nitrogens is 2. The van der Waals surface area contributed by atoms with Crippen molar-refractivity contribution >= 4 is 0 Å². The molecule has 0 radical (unpaired) electrons. The van der Waals surface area contributed by atoms with E-state index in [4.69, 9.17) is 0 Å². The van der Waals surface area contributed by atoms with Crippen molar-refractivity contribution in [2.75, 3.05) is 0 Å². The first-order valence-electron chi connectivity index (χ1n) is 6.39. The average Bonchev–Trinajstić information content (AvgIpc) is 2.66. The molecule has 0 aliphatic carbocycles. The summed E-state index contributed by atoms with van der Waals surface area (Å²) in [6.07, 6.45) is 6.24. The number of aryl methyl sites for hydroxylation is 2. The van der Waals surface area contributed by atoms with Crippen LogP contribution >= 0.6 is 0 Å². The molecule has 0 spiro atoms. The molecule has 16 heavy (non-hydrogen) atoms. The van der Waals surface area contributed by atoms with Crippen molar-refractivity contribution in [3.8, 4) is 0 Å². The van der Waals surface area contributed by atoms with Crippen molar-refractivity contribution in [3.63, 3.8) is 0 Å². The Morgan fingerprint density at radius 3 is 2.62 bits per heavy atom. The number of unbranched alkanes of at least 4 members (excludes halogenated alkanes) is 3. The van der Waals surface area contributed by atoms with Crippen LogP contribution in [0.5, 0.6) is 0 Å². The van der Waals surface area contributed by atoms with Gasteiger partial charge in [-0.15, -0.1) is 0 Å². The summed E-state index contributed by atoms with van der Waals surface area (Å²) in [4.78, 5) is 0. The minimum Gasteiger partial charge on any atom is -0.387 e. The first-order valence-corrected chi connectivity index (χ1v) is 6.39. The van der Waals surface area contributed by atoms with Gasteiger partial charge >= 0.3 is 0 Å². The maximum Gasteiger partial charge on any atom is 0.0956 e. The SMILES string of the molecule is CCCCCCC(O)c1cc(CC)nn1C. The molecule has 1 heterocycles. The molecule has 1 N–H and O–H groups in total. The van der Waals surface area contributed by atoms with Crippen LogP contribution in [0.15, 0.2) is 6.07 Å². The predicted molar refractivity (Wildman–Crippen MR) is 66.3 cm³/mol. The Kier molecular flexibility index (Phi) is 5.53. The summed E-state index contributed by atoms with van der Waals surface area (Å²) in [5.41, 5.74) is 2.01. The Morgan fingerprint density at radius 1 is 1.31 bits per heavy atom. The molecular formula is C13H24N2O. The number of hydrogen-bond donors (Lipinski definition) is 1. The van der Waals surface area contributed by atoms with E-state index in [9.17, 15) is 5.11 Å². The zero-order chi connectivity index (χ0) is 12.0. The van der Waals surface area contributed by atoms with Crippen molar-refractivity contribution < 1.29 is 5.11 Å². The van der Waals surface area contributed by atoms with Gasteiger partial charge < -0.3 is 5.11 Å². The van der Waals surface area contributed by atoms with Crippen molar-refractivity contribution in [1.29, 1.82) is 0 Å². The highest BCUT2D eigenvalue weighted by atomic mass is 16.3. The van der Waals surface area contributed by atoms with Gasteiger partial charge in [0.25, 0.3) is 0 Å². The number of hydrogen-bond acceptors (Lipinski definition) is 2. The third-order valence-corrected chi connectivity index (χ3v) is 3.00. The Hall–Kier alpha value is -0.830. The molecule has 1 atom stereocenters. The molecule has 0 fully saturated rings. The molecule has 92 valence electrons. The van der Waals surface area contributed by atoms with Gasteiger partial charge in [0, 0.05) is 7.05 Å². The number of aliphatic hydroxyl groups excluding tert-OH is 1. The minimum absolute atomic E-state index is 0.352. The standard InChI is InChI=1S/C13H24N2O/c1-4-6-7-8-9-13(16)12-10-11(5-2)14-15(12)3/h10,13,16H,4-9H2,1-3H3. The third kappa shape index (κ3) is 3.63. The van der Waals surface area contributed by atoms with Crippen LogP contribution in [0.3, 0.4) is 0 Å². The van der Waals surface area contributed by atoms with E-state index < -0.39 is 0 Å². The molecule has 0 saturated carbocycles. The van der Waals surface area contributed by atoms with Crippen LogP contribution in [0.2, 0.25) is 0 Å². The van der Waals surface area contributed by atoms with Gasteiger partial charge in [0.2, 0.25) is 0 Å². The summed E-state index contributed by atoms with van der Waals surface area (Å²) >= 11 is 0. The van der Waals surface area contributed by atoms with Crippen LogP contribution < -0.4 is 0 Å². The first kappa shape index (κ1) is 13.2. The molecule has 3 heteroatoms. The molecule has 0 aliphatic heterocycles. The number of nitrogens with zero attached hydrogens (tertiary/aromatic N) is 2. The van der Waals surface area contributed by atoms with Crippen LogP contribution in [0, 0.1) is 0 Å².